The summed E-state index contributed by atoms with van der Waals surface area (Å²) < 4.78 is 4.91. The van der Waals surface area contributed by atoms with Crippen LogP contribution < -0.4 is 0 Å². The molecule has 0 saturated heterocycles. The zero-order valence-electron chi connectivity index (χ0n) is 12.2. The van der Waals surface area contributed by atoms with Crippen molar-refractivity contribution >= 4 is 23.4 Å². The Bertz CT molecular complexity index is 644. The molecule has 0 aromatic heterocycles. The van der Waals surface area contributed by atoms with Gasteiger partial charge in [0.25, 0.3) is 0 Å². The number of benzene rings is 1. The highest BCUT2D eigenvalue weighted by Gasteiger charge is 2.39. The summed E-state index contributed by atoms with van der Waals surface area (Å²) in [5, 5.41) is 10.2. The van der Waals surface area contributed by atoms with Crippen LogP contribution in [-0.2, 0) is 9.53 Å². The Kier molecular flexibility index (Phi) is 4.81. The molecule has 0 fully saturated rings. The summed E-state index contributed by atoms with van der Waals surface area (Å²) in [6.45, 7) is 1.81. The van der Waals surface area contributed by atoms with E-state index in [0.717, 1.165) is 5.56 Å². The molecular formula is C16H16N2O2S. The molecular weight excluding hydrogens is 284 g/mol. The molecule has 1 aliphatic heterocycles. The van der Waals surface area contributed by atoms with Crippen LogP contribution in [0.3, 0.4) is 0 Å². The number of carbonyl (C=O) groups is 1. The molecule has 0 radical (unpaired) electrons. The van der Waals surface area contributed by atoms with Gasteiger partial charge in [-0.15, -0.1) is 11.8 Å². The van der Waals surface area contributed by atoms with Crippen LogP contribution in [0, 0.1) is 17.2 Å². The molecule has 0 saturated carbocycles. The minimum atomic E-state index is -0.553. The van der Waals surface area contributed by atoms with E-state index in [9.17, 15) is 10.1 Å². The Morgan fingerprint density at radius 3 is 2.57 bits per heavy atom. The first-order chi connectivity index (χ1) is 10.1. The quantitative estimate of drug-likeness (QED) is 0.805. The lowest BCUT2D eigenvalue weighted by Gasteiger charge is -2.29. The van der Waals surface area contributed by atoms with Crippen molar-refractivity contribution in [2.75, 3.05) is 13.4 Å². The van der Waals surface area contributed by atoms with Crippen molar-refractivity contribution in [2.24, 2.45) is 10.9 Å². The van der Waals surface area contributed by atoms with Crippen LogP contribution in [-0.4, -0.2) is 25.0 Å². The van der Waals surface area contributed by atoms with E-state index in [4.69, 9.17) is 4.74 Å². The molecule has 0 amide bonds. The van der Waals surface area contributed by atoms with Gasteiger partial charge in [0.1, 0.15) is 10.9 Å². The first-order valence-corrected chi connectivity index (χ1v) is 7.72. The molecule has 1 unspecified atom stereocenters. The zero-order chi connectivity index (χ0) is 15.4. The zero-order valence-corrected chi connectivity index (χ0v) is 13.0. The fraction of sp³-hybridized carbons (Fsp3) is 0.312. The third kappa shape index (κ3) is 2.86. The molecule has 0 spiro atoms. The second-order valence-corrected chi connectivity index (χ2v) is 5.47. The number of nitrogens with zero attached hydrogens (tertiary/aromatic N) is 2. The molecule has 5 heteroatoms. The molecule has 1 aromatic carbocycles. The van der Waals surface area contributed by atoms with Gasteiger partial charge in [0.05, 0.1) is 18.8 Å². The van der Waals surface area contributed by atoms with Gasteiger partial charge in [-0.05, 0) is 18.7 Å². The van der Waals surface area contributed by atoms with Crippen LogP contribution in [0.1, 0.15) is 18.4 Å². The number of ether oxygens (including phenoxy) is 1. The summed E-state index contributed by atoms with van der Waals surface area (Å²) in [6.07, 6.45) is 1.88. The maximum atomic E-state index is 12.2. The highest BCUT2D eigenvalue weighted by atomic mass is 32.2. The summed E-state index contributed by atoms with van der Waals surface area (Å²) in [4.78, 5) is 16.6. The normalized spacial score (nSPS) is 21.5. The van der Waals surface area contributed by atoms with Gasteiger partial charge in [-0.25, -0.2) is 4.99 Å². The maximum absolute atomic E-state index is 12.2. The van der Waals surface area contributed by atoms with Gasteiger partial charge in [0.15, 0.2) is 0 Å². The summed E-state index contributed by atoms with van der Waals surface area (Å²) in [5.74, 6) is -1.26. The lowest BCUT2D eigenvalue weighted by molar-refractivity contribution is -0.143. The lowest BCUT2D eigenvalue weighted by atomic mass is 9.77. The number of carbonyl (C=O) groups excluding carboxylic acids is 1. The molecule has 4 nitrogen and oxygen atoms in total. The number of aliphatic imine (C=N–C) groups is 1. The van der Waals surface area contributed by atoms with Crippen molar-refractivity contribution in [3.05, 3.63) is 46.5 Å². The van der Waals surface area contributed by atoms with E-state index >= 15 is 0 Å². The Morgan fingerprint density at radius 1 is 1.38 bits per heavy atom. The van der Waals surface area contributed by atoms with Gasteiger partial charge >= 0.3 is 5.97 Å². The third-order valence-corrected chi connectivity index (χ3v) is 4.23. The molecule has 0 N–H and O–H groups in total. The number of hydrogen-bond donors (Lipinski definition) is 0. The maximum Gasteiger partial charge on any atom is 0.315 e. The van der Waals surface area contributed by atoms with Crippen molar-refractivity contribution in [1.29, 1.82) is 5.26 Å². The summed E-state index contributed by atoms with van der Waals surface area (Å²) in [5.41, 5.74) is 2.12. The van der Waals surface area contributed by atoms with Crippen molar-refractivity contribution in [2.45, 2.75) is 12.8 Å². The fourth-order valence-electron chi connectivity index (χ4n) is 2.56. The molecule has 1 aromatic rings. The van der Waals surface area contributed by atoms with Crippen LogP contribution in [0.5, 0.6) is 0 Å². The standard InChI is InChI=1S/C16H16N2O2S/c1-10-13(16(19)20-2)14(11-7-5-4-6-8-11)12(9-17)15(18-10)21-3/h4-8,13-14H,1-3H3/t13?,14-/m1/s1. The Morgan fingerprint density at radius 2 is 2.05 bits per heavy atom. The smallest absolute Gasteiger partial charge is 0.315 e. The predicted octanol–water partition coefficient (Wildman–Crippen LogP) is 3.13. The monoisotopic (exact) mass is 300 g/mol. The van der Waals surface area contributed by atoms with Crippen LogP contribution in [0.4, 0.5) is 0 Å². The number of hydrogen-bond acceptors (Lipinski definition) is 5. The minimum Gasteiger partial charge on any atom is -0.468 e. The molecule has 0 aliphatic carbocycles. The lowest BCUT2D eigenvalue weighted by Crippen LogP contribution is -2.33. The van der Waals surface area contributed by atoms with E-state index in [1.54, 1.807) is 0 Å². The van der Waals surface area contributed by atoms with Crippen LogP contribution >= 0.6 is 11.8 Å². The topological polar surface area (TPSA) is 62.4 Å². The van der Waals surface area contributed by atoms with Crippen molar-refractivity contribution in [3.63, 3.8) is 0 Å². The van der Waals surface area contributed by atoms with E-state index in [1.165, 1.54) is 18.9 Å². The Labute approximate surface area is 128 Å². The van der Waals surface area contributed by atoms with Crippen LogP contribution in [0.2, 0.25) is 0 Å². The largest absolute Gasteiger partial charge is 0.468 e. The van der Waals surface area contributed by atoms with E-state index in [2.05, 4.69) is 11.1 Å². The second kappa shape index (κ2) is 6.59. The fourth-order valence-corrected chi connectivity index (χ4v) is 3.18. The van der Waals surface area contributed by atoms with Gasteiger partial charge in [-0.1, -0.05) is 30.3 Å². The van der Waals surface area contributed by atoms with Gasteiger partial charge in [0.2, 0.25) is 0 Å². The highest BCUT2D eigenvalue weighted by molar-refractivity contribution is 8.02. The van der Waals surface area contributed by atoms with E-state index in [-0.39, 0.29) is 11.9 Å². The number of rotatable bonds is 3. The van der Waals surface area contributed by atoms with Crippen LogP contribution in [0.15, 0.2) is 45.9 Å². The minimum absolute atomic E-state index is 0.344. The van der Waals surface area contributed by atoms with E-state index < -0.39 is 5.92 Å². The second-order valence-electron chi connectivity index (χ2n) is 4.68. The number of thioether (sulfide) groups is 1. The number of methoxy groups -OCH3 is 1. The molecule has 0 bridgehead atoms. The van der Waals surface area contributed by atoms with Gasteiger partial charge in [-0.3, -0.25) is 4.79 Å². The van der Waals surface area contributed by atoms with E-state index in [1.807, 2.05) is 43.5 Å². The average molecular weight is 300 g/mol. The number of nitriles is 1. The third-order valence-electron chi connectivity index (χ3n) is 3.53. The Balaban J connectivity index is 2.63. The molecule has 21 heavy (non-hydrogen) atoms. The highest BCUT2D eigenvalue weighted by Crippen LogP contribution is 2.41. The van der Waals surface area contributed by atoms with Gasteiger partial charge < -0.3 is 4.74 Å². The molecule has 1 heterocycles. The Hall–Kier alpha value is -2.06. The van der Waals surface area contributed by atoms with E-state index in [0.29, 0.717) is 16.3 Å². The van der Waals surface area contributed by atoms with Gasteiger partial charge in [-0.2, -0.15) is 5.26 Å². The molecule has 2 atom stereocenters. The van der Waals surface area contributed by atoms with Crippen molar-refractivity contribution < 1.29 is 9.53 Å². The first kappa shape index (κ1) is 15.3. The van der Waals surface area contributed by atoms with Crippen LogP contribution in [0.25, 0.3) is 0 Å². The number of allylic oxidation sites excluding steroid dienone is 1. The SMILES string of the molecule is COC(=O)C1C(C)=NC(SC)=C(C#N)[C@H]1c1ccccc1. The first-order valence-electron chi connectivity index (χ1n) is 6.50. The summed E-state index contributed by atoms with van der Waals surface area (Å²) in [6, 6.07) is 11.8. The predicted molar refractivity (Wildman–Crippen MR) is 84.0 cm³/mol. The molecule has 1 aliphatic rings. The summed E-state index contributed by atoms with van der Waals surface area (Å²) in [7, 11) is 1.36. The molecule has 108 valence electrons. The molecule has 2 rings (SSSR count). The van der Waals surface area contributed by atoms with Crippen molar-refractivity contribution in [3.8, 4) is 6.07 Å². The summed E-state index contributed by atoms with van der Waals surface area (Å²) >= 11 is 1.42. The van der Waals surface area contributed by atoms with Gasteiger partial charge in [0, 0.05) is 11.6 Å². The number of esters is 1. The average Bonchev–Trinajstić information content (AvgIpc) is 2.53. The van der Waals surface area contributed by atoms with Crippen molar-refractivity contribution in [1.82, 2.24) is 0 Å².